The highest BCUT2D eigenvalue weighted by molar-refractivity contribution is 5.91. The number of rotatable bonds is 5. The Kier molecular flexibility index (Phi) is 3.79. The topological polar surface area (TPSA) is 41.1 Å². The zero-order valence-corrected chi connectivity index (χ0v) is 10.5. The number of anilines is 1. The number of hydrogen-bond donors (Lipinski definition) is 2. The summed E-state index contributed by atoms with van der Waals surface area (Å²) in [5, 5.41) is 6.27. The molecule has 1 aliphatic rings. The number of benzene rings is 1. The summed E-state index contributed by atoms with van der Waals surface area (Å²) in [4.78, 5) is 11.7. The monoisotopic (exact) mass is 232 g/mol. The van der Waals surface area contributed by atoms with E-state index in [4.69, 9.17) is 0 Å². The third kappa shape index (κ3) is 4.19. The van der Waals surface area contributed by atoms with Gasteiger partial charge in [-0.05, 0) is 49.9 Å². The fraction of sp³-hybridized carbons (Fsp3) is 0.500. The van der Waals surface area contributed by atoms with Crippen LogP contribution >= 0.6 is 0 Å². The minimum Gasteiger partial charge on any atom is -0.326 e. The van der Waals surface area contributed by atoms with Gasteiger partial charge in [0.1, 0.15) is 0 Å². The number of carbonyl (C=O) groups is 1. The molecule has 2 rings (SSSR count). The zero-order chi connectivity index (χ0) is 12.3. The third-order valence-electron chi connectivity index (χ3n) is 2.87. The smallest absolute Gasteiger partial charge is 0.225 e. The van der Waals surface area contributed by atoms with E-state index in [1.165, 1.54) is 24.0 Å². The predicted octanol–water partition coefficient (Wildman–Crippen LogP) is 2.38. The molecule has 0 saturated heterocycles. The summed E-state index contributed by atoms with van der Waals surface area (Å²) in [7, 11) is 0. The largest absolute Gasteiger partial charge is 0.326 e. The van der Waals surface area contributed by atoms with Crippen LogP contribution in [0.15, 0.2) is 18.2 Å². The van der Waals surface area contributed by atoms with Crippen LogP contribution in [0, 0.1) is 13.8 Å². The van der Waals surface area contributed by atoms with Gasteiger partial charge in [-0.1, -0.05) is 6.07 Å². The quantitative estimate of drug-likeness (QED) is 0.818. The van der Waals surface area contributed by atoms with E-state index < -0.39 is 0 Å². The minimum atomic E-state index is 0.0863. The number of amides is 1. The molecule has 0 bridgehead atoms. The van der Waals surface area contributed by atoms with Crippen molar-refractivity contribution < 1.29 is 4.79 Å². The van der Waals surface area contributed by atoms with Gasteiger partial charge in [-0.15, -0.1) is 0 Å². The van der Waals surface area contributed by atoms with Crippen molar-refractivity contribution >= 4 is 11.6 Å². The maximum atomic E-state index is 11.7. The summed E-state index contributed by atoms with van der Waals surface area (Å²) in [6.07, 6.45) is 3.07. The summed E-state index contributed by atoms with van der Waals surface area (Å²) in [6.45, 7) is 4.86. The highest BCUT2D eigenvalue weighted by Gasteiger charge is 2.20. The first-order valence-corrected chi connectivity index (χ1v) is 6.25. The van der Waals surface area contributed by atoms with Gasteiger partial charge < -0.3 is 10.6 Å². The van der Waals surface area contributed by atoms with Gasteiger partial charge in [-0.2, -0.15) is 0 Å². The highest BCUT2D eigenvalue weighted by Crippen LogP contribution is 2.18. The Labute approximate surface area is 103 Å². The highest BCUT2D eigenvalue weighted by atomic mass is 16.1. The van der Waals surface area contributed by atoms with Gasteiger partial charge in [0.05, 0.1) is 0 Å². The molecule has 1 aliphatic carbocycles. The molecule has 2 N–H and O–H groups in total. The van der Waals surface area contributed by atoms with Crippen molar-refractivity contribution in [1.82, 2.24) is 5.32 Å². The zero-order valence-electron chi connectivity index (χ0n) is 10.5. The first-order chi connectivity index (χ1) is 8.13. The van der Waals surface area contributed by atoms with Crippen molar-refractivity contribution in [3.8, 4) is 0 Å². The summed E-state index contributed by atoms with van der Waals surface area (Å²) in [5.41, 5.74) is 3.26. The molecule has 92 valence electrons. The molecule has 1 aromatic rings. The molecule has 0 aromatic heterocycles. The lowest BCUT2D eigenvalue weighted by atomic mass is 10.1. The van der Waals surface area contributed by atoms with Crippen molar-refractivity contribution in [2.45, 2.75) is 39.2 Å². The van der Waals surface area contributed by atoms with E-state index in [0.29, 0.717) is 12.5 Å². The standard InChI is InChI=1S/C14H20N2O/c1-10-7-11(2)9-13(8-10)16-14(17)5-6-15-12-3-4-12/h7-9,12,15H,3-6H2,1-2H3,(H,16,17). The van der Waals surface area contributed by atoms with Gasteiger partial charge in [0.25, 0.3) is 0 Å². The number of hydrogen-bond acceptors (Lipinski definition) is 2. The molecule has 1 aromatic carbocycles. The number of carbonyl (C=O) groups excluding carboxylic acids is 1. The molecule has 3 heteroatoms. The molecule has 0 radical (unpaired) electrons. The van der Waals surface area contributed by atoms with Crippen LogP contribution in [-0.2, 0) is 4.79 Å². The third-order valence-corrected chi connectivity index (χ3v) is 2.87. The molecule has 0 atom stereocenters. The Morgan fingerprint density at radius 3 is 2.47 bits per heavy atom. The van der Waals surface area contributed by atoms with Crippen LogP contribution in [0.2, 0.25) is 0 Å². The lowest BCUT2D eigenvalue weighted by Gasteiger charge is -2.08. The lowest BCUT2D eigenvalue weighted by Crippen LogP contribution is -2.23. The van der Waals surface area contributed by atoms with E-state index in [1.54, 1.807) is 0 Å². The van der Waals surface area contributed by atoms with E-state index in [0.717, 1.165) is 12.2 Å². The summed E-state index contributed by atoms with van der Waals surface area (Å²) in [5.74, 6) is 0.0863. The van der Waals surface area contributed by atoms with E-state index in [2.05, 4.69) is 16.7 Å². The Morgan fingerprint density at radius 1 is 1.24 bits per heavy atom. The van der Waals surface area contributed by atoms with Crippen LogP contribution in [0.25, 0.3) is 0 Å². The molecule has 3 nitrogen and oxygen atoms in total. The van der Waals surface area contributed by atoms with Gasteiger partial charge >= 0.3 is 0 Å². The van der Waals surface area contributed by atoms with Gasteiger partial charge in [-0.25, -0.2) is 0 Å². The molecule has 1 fully saturated rings. The van der Waals surface area contributed by atoms with Crippen LogP contribution in [0.5, 0.6) is 0 Å². The minimum absolute atomic E-state index is 0.0863. The molecule has 0 spiro atoms. The molecule has 1 saturated carbocycles. The van der Waals surface area contributed by atoms with Crippen LogP contribution in [0.1, 0.15) is 30.4 Å². The molecular formula is C14H20N2O. The fourth-order valence-electron chi connectivity index (χ4n) is 1.95. The van der Waals surface area contributed by atoms with Gasteiger partial charge in [0, 0.05) is 24.7 Å². The van der Waals surface area contributed by atoms with Crippen LogP contribution in [0.4, 0.5) is 5.69 Å². The second kappa shape index (κ2) is 5.32. The van der Waals surface area contributed by atoms with E-state index in [1.807, 2.05) is 26.0 Å². The van der Waals surface area contributed by atoms with Gasteiger partial charge in [-0.3, -0.25) is 4.79 Å². The Morgan fingerprint density at radius 2 is 1.88 bits per heavy atom. The first-order valence-electron chi connectivity index (χ1n) is 6.25. The number of nitrogens with one attached hydrogen (secondary N) is 2. The van der Waals surface area contributed by atoms with Gasteiger partial charge in [0.15, 0.2) is 0 Å². The molecule has 1 amide bonds. The Balaban J connectivity index is 1.79. The maximum Gasteiger partial charge on any atom is 0.225 e. The summed E-state index contributed by atoms with van der Waals surface area (Å²) >= 11 is 0. The van der Waals surface area contributed by atoms with E-state index >= 15 is 0 Å². The van der Waals surface area contributed by atoms with Crippen molar-refractivity contribution in [3.05, 3.63) is 29.3 Å². The maximum absolute atomic E-state index is 11.7. The van der Waals surface area contributed by atoms with Crippen molar-refractivity contribution in [1.29, 1.82) is 0 Å². The van der Waals surface area contributed by atoms with Crippen LogP contribution in [0.3, 0.4) is 0 Å². The SMILES string of the molecule is Cc1cc(C)cc(NC(=O)CCNC2CC2)c1. The fourth-order valence-corrected chi connectivity index (χ4v) is 1.95. The summed E-state index contributed by atoms with van der Waals surface area (Å²) < 4.78 is 0. The molecule has 17 heavy (non-hydrogen) atoms. The Hall–Kier alpha value is -1.35. The average molecular weight is 232 g/mol. The lowest BCUT2D eigenvalue weighted by molar-refractivity contribution is -0.116. The number of aryl methyl sites for hydroxylation is 2. The normalized spacial score (nSPS) is 14.7. The second-order valence-electron chi connectivity index (χ2n) is 4.90. The molecule has 0 heterocycles. The van der Waals surface area contributed by atoms with Gasteiger partial charge in [0.2, 0.25) is 5.91 Å². The van der Waals surface area contributed by atoms with Crippen LogP contribution < -0.4 is 10.6 Å². The average Bonchev–Trinajstić information content (AvgIpc) is 2.99. The van der Waals surface area contributed by atoms with Crippen molar-refractivity contribution in [2.24, 2.45) is 0 Å². The molecule has 0 unspecified atom stereocenters. The first kappa shape index (κ1) is 12.1. The van der Waals surface area contributed by atoms with E-state index in [-0.39, 0.29) is 5.91 Å². The van der Waals surface area contributed by atoms with Crippen molar-refractivity contribution in [3.63, 3.8) is 0 Å². The summed E-state index contributed by atoms with van der Waals surface area (Å²) in [6, 6.07) is 6.77. The molecular weight excluding hydrogens is 212 g/mol. The Bertz CT molecular complexity index is 390. The molecule has 0 aliphatic heterocycles. The van der Waals surface area contributed by atoms with Crippen LogP contribution in [-0.4, -0.2) is 18.5 Å². The van der Waals surface area contributed by atoms with E-state index in [9.17, 15) is 4.79 Å². The predicted molar refractivity (Wildman–Crippen MR) is 70.2 cm³/mol. The second-order valence-corrected chi connectivity index (χ2v) is 4.90. The van der Waals surface area contributed by atoms with Crippen molar-refractivity contribution in [2.75, 3.05) is 11.9 Å².